The van der Waals surface area contributed by atoms with Gasteiger partial charge in [0.25, 0.3) is 0 Å². The highest BCUT2D eigenvalue weighted by molar-refractivity contribution is 5.72. The monoisotopic (exact) mass is 357 g/mol. The Balaban J connectivity index is 1.44. The van der Waals surface area contributed by atoms with Gasteiger partial charge in [-0.3, -0.25) is 4.90 Å². The highest BCUT2D eigenvalue weighted by Gasteiger charge is 2.43. The third-order valence-corrected chi connectivity index (χ3v) is 6.73. The second-order valence-electron chi connectivity index (χ2n) is 8.21. The van der Waals surface area contributed by atoms with Gasteiger partial charge >= 0.3 is 6.09 Å². The van der Waals surface area contributed by atoms with E-state index in [1.807, 2.05) is 6.07 Å². The van der Waals surface area contributed by atoms with Gasteiger partial charge in [-0.15, -0.1) is 0 Å². The first-order valence-corrected chi connectivity index (χ1v) is 10.1. The van der Waals surface area contributed by atoms with E-state index in [4.69, 9.17) is 4.74 Å². The molecule has 26 heavy (non-hydrogen) atoms. The Hall–Kier alpha value is -1.75. The first kappa shape index (κ1) is 17.7. The van der Waals surface area contributed by atoms with Crippen molar-refractivity contribution in [1.29, 1.82) is 0 Å². The molecule has 4 atom stereocenters. The van der Waals surface area contributed by atoms with Crippen molar-refractivity contribution in [2.45, 2.75) is 63.6 Å². The number of hydrogen-bond donors (Lipinski definition) is 1. The lowest BCUT2D eigenvalue weighted by Crippen LogP contribution is -2.43. The Morgan fingerprint density at radius 1 is 1.23 bits per heavy atom. The van der Waals surface area contributed by atoms with Gasteiger partial charge in [-0.2, -0.15) is 0 Å². The summed E-state index contributed by atoms with van der Waals surface area (Å²) >= 11 is 0. The molecule has 4 rings (SSSR count). The first-order valence-electron chi connectivity index (χ1n) is 10.1. The summed E-state index contributed by atoms with van der Waals surface area (Å²) in [6.07, 6.45) is 7.16. The minimum absolute atomic E-state index is 0.259. The number of amides is 1. The lowest BCUT2D eigenvalue weighted by Gasteiger charge is -2.31. The van der Waals surface area contributed by atoms with Crippen LogP contribution in [0.4, 0.5) is 10.5 Å². The smallest absolute Gasteiger partial charge is 0.410 e. The van der Waals surface area contributed by atoms with Gasteiger partial charge in [0.1, 0.15) is 5.75 Å². The van der Waals surface area contributed by atoms with Crippen molar-refractivity contribution in [2.75, 3.05) is 25.5 Å². The van der Waals surface area contributed by atoms with E-state index in [1.165, 1.54) is 30.5 Å². The average molecular weight is 357 g/mol. The number of nitrogens with zero attached hydrogens (tertiary/aromatic N) is 2. The highest BCUT2D eigenvalue weighted by Crippen LogP contribution is 2.47. The number of carbonyl (C=O) groups excluding carboxylic acids is 1. The number of nitrogens with one attached hydrogen (secondary N) is 1. The number of anilines is 1. The lowest BCUT2D eigenvalue weighted by molar-refractivity contribution is 0.180. The summed E-state index contributed by atoms with van der Waals surface area (Å²) in [5.74, 6) is 1.75. The van der Waals surface area contributed by atoms with Crippen LogP contribution in [0.25, 0.3) is 0 Å². The van der Waals surface area contributed by atoms with Crippen LogP contribution >= 0.6 is 0 Å². The van der Waals surface area contributed by atoms with Crippen LogP contribution < -0.4 is 15.0 Å². The molecule has 1 N–H and O–H groups in total. The van der Waals surface area contributed by atoms with E-state index in [-0.39, 0.29) is 12.1 Å². The number of carbonyl (C=O) groups is 1. The van der Waals surface area contributed by atoms with Crippen LogP contribution in [0, 0.1) is 5.92 Å². The summed E-state index contributed by atoms with van der Waals surface area (Å²) in [5.41, 5.74) is 2.58. The van der Waals surface area contributed by atoms with Crippen molar-refractivity contribution in [2.24, 2.45) is 5.92 Å². The zero-order valence-electron chi connectivity index (χ0n) is 16.2. The summed E-state index contributed by atoms with van der Waals surface area (Å²) in [5, 5.41) is 3.12. The molecule has 1 saturated heterocycles. The molecular weight excluding hydrogens is 326 g/mol. The van der Waals surface area contributed by atoms with Crippen molar-refractivity contribution < 1.29 is 9.53 Å². The van der Waals surface area contributed by atoms with E-state index in [0.29, 0.717) is 23.8 Å². The number of hydrogen-bond acceptors (Lipinski definition) is 4. The van der Waals surface area contributed by atoms with E-state index in [2.05, 4.69) is 48.3 Å². The molecule has 0 spiro atoms. The van der Waals surface area contributed by atoms with Gasteiger partial charge in [0, 0.05) is 31.2 Å². The van der Waals surface area contributed by atoms with Gasteiger partial charge in [0.2, 0.25) is 0 Å². The molecular formula is C21H31N3O2. The summed E-state index contributed by atoms with van der Waals surface area (Å²) in [4.78, 5) is 17.2. The number of benzene rings is 1. The van der Waals surface area contributed by atoms with Crippen LogP contribution in [-0.2, 0) is 0 Å². The fourth-order valence-electron chi connectivity index (χ4n) is 5.34. The van der Waals surface area contributed by atoms with E-state index < -0.39 is 0 Å². The van der Waals surface area contributed by atoms with Gasteiger partial charge < -0.3 is 15.0 Å². The maximum Gasteiger partial charge on any atom is 0.412 e. The zero-order valence-corrected chi connectivity index (χ0v) is 16.2. The molecule has 1 amide bonds. The van der Waals surface area contributed by atoms with Crippen LogP contribution in [0.3, 0.4) is 0 Å². The molecule has 5 heteroatoms. The number of fused-ring (bicyclic) bond motifs is 3. The molecule has 1 aromatic carbocycles. The molecule has 5 nitrogen and oxygen atoms in total. The Labute approximate surface area is 156 Å². The van der Waals surface area contributed by atoms with Crippen molar-refractivity contribution >= 4 is 11.8 Å². The summed E-state index contributed by atoms with van der Waals surface area (Å²) in [6.45, 7) is 3.33. The normalized spacial score (nSPS) is 30.8. The predicted molar refractivity (Wildman–Crippen MR) is 104 cm³/mol. The standard InChI is InChI=1S/C21H31N3O2/c1-4-14-7-5-6-8-18(14)22-21(25)26-15-9-10-19-17(13-15)16-11-12-23(2)20(16)24(19)3/h9-10,13-14,16,18,20H,4-8,11-12H2,1-3H3,(H,22,25). The third-order valence-electron chi connectivity index (χ3n) is 6.73. The molecule has 2 heterocycles. The van der Waals surface area contributed by atoms with Crippen LogP contribution in [0.5, 0.6) is 5.75 Å². The fourth-order valence-corrected chi connectivity index (χ4v) is 5.34. The molecule has 1 aliphatic carbocycles. The second kappa shape index (κ2) is 7.10. The van der Waals surface area contributed by atoms with Gasteiger partial charge in [-0.25, -0.2) is 4.79 Å². The fraction of sp³-hybridized carbons (Fsp3) is 0.667. The minimum atomic E-state index is -0.304. The van der Waals surface area contributed by atoms with Crippen LogP contribution in [-0.4, -0.2) is 43.8 Å². The van der Waals surface area contributed by atoms with Crippen molar-refractivity contribution in [3.8, 4) is 5.75 Å². The summed E-state index contributed by atoms with van der Waals surface area (Å²) in [7, 11) is 4.35. The molecule has 0 bridgehead atoms. The molecule has 2 aliphatic heterocycles. The maximum atomic E-state index is 12.4. The Bertz CT molecular complexity index is 677. The van der Waals surface area contributed by atoms with Crippen LogP contribution in [0.1, 0.15) is 56.9 Å². The maximum absolute atomic E-state index is 12.4. The van der Waals surface area contributed by atoms with Crippen molar-refractivity contribution in [1.82, 2.24) is 10.2 Å². The Kier molecular flexibility index (Phi) is 4.82. The molecule has 3 aliphatic rings. The number of rotatable bonds is 3. The molecule has 4 unspecified atom stereocenters. The second-order valence-corrected chi connectivity index (χ2v) is 8.21. The molecule has 1 saturated carbocycles. The minimum Gasteiger partial charge on any atom is -0.410 e. The van der Waals surface area contributed by atoms with Crippen LogP contribution in [0.2, 0.25) is 0 Å². The summed E-state index contributed by atoms with van der Waals surface area (Å²) in [6, 6.07) is 6.36. The molecule has 0 aromatic heterocycles. The quantitative estimate of drug-likeness (QED) is 0.890. The molecule has 1 aromatic rings. The topological polar surface area (TPSA) is 44.8 Å². The largest absolute Gasteiger partial charge is 0.412 e. The highest BCUT2D eigenvalue weighted by atomic mass is 16.6. The first-order chi connectivity index (χ1) is 12.6. The number of likely N-dealkylation sites (tertiary alicyclic amines) is 1. The SMILES string of the molecule is CCC1CCCCC1NC(=O)Oc1ccc2c(c1)C1CCN(C)C1N2C. The van der Waals surface area contributed by atoms with E-state index in [9.17, 15) is 4.79 Å². The van der Waals surface area contributed by atoms with E-state index >= 15 is 0 Å². The van der Waals surface area contributed by atoms with E-state index in [1.54, 1.807) is 0 Å². The Morgan fingerprint density at radius 2 is 2.04 bits per heavy atom. The zero-order chi connectivity index (χ0) is 18.3. The van der Waals surface area contributed by atoms with Crippen molar-refractivity contribution in [3.63, 3.8) is 0 Å². The third kappa shape index (κ3) is 3.07. The van der Waals surface area contributed by atoms with Gasteiger partial charge in [0.05, 0.1) is 6.17 Å². The van der Waals surface area contributed by atoms with Crippen LogP contribution in [0.15, 0.2) is 18.2 Å². The van der Waals surface area contributed by atoms with Gasteiger partial charge in [0.15, 0.2) is 0 Å². The van der Waals surface area contributed by atoms with Gasteiger partial charge in [-0.1, -0.05) is 26.2 Å². The number of ether oxygens (including phenoxy) is 1. The Morgan fingerprint density at radius 3 is 2.85 bits per heavy atom. The average Bonchev–Trinajstić information content (AvgIpc) is 3.15. The lowest BCUT2D eigenvalue weighted by atomic mass is 9.83. The van der Waals surface area contributed by atoms with E-state index in [0.717, 1.165) is 25.8 Å². The summed E-state index contributed by atoms with van der Waals surface area (Å²) < 4.78 is 5.66. The van der Waals surface area contributed by atoms with Gasteiger partial charge in [-0.05, 0) is 56.0 Å². The van der Waals surface area contributed by atoms with Crippen molar-refractivity contribution in [3.05, 3.63) is 23.8 Å². The molecule has 2 fully saturated rings. The molecule has 142 valence electrons. The predicted octanol–water partition coefficient (Wildman–Crippen LogP) is 3.94. The number of likely N-dealkylation sites (N-methyl/N-ethyl adjacent to an activating group) is 2. The molecule has 0 radical (unpaired) electrons.